The Kier molecular flexibility index (Phi) is 3.31. The van der Waals surface area contributed by atoms with Crippen LogP contribution in [-0.2, 0) is 0 Å². The van der Waals surface area contributed by atoms with Gasteiger partial charge in [-0.25, -0.2) is 13.2 Å². The van der Waals surface area contributed by atoms with E-state index in [0.29, 0.717) is 0 Å². The zero-order chi connectivity index (χ0) is 6.78. The van der Waals surface area contributed by atoms with E-state index in [-0.39, 0.29) is 11.0 Å². The maximum Gasteiger partial charge on any atom is 0.304 e. The molecule has 0 spiro atoms. The molecule has 0 aromatic carbocycles. The summed E-state index contributed by atoms with van der Waals surface area (Å²) in [5, 5.41) is 0. The van der Waals surface area contributed by atoms with Gasteiger partial charge < -0.3 is 0 Å². The molecule has 6 heteroatoms. The van der Waals surface area contributed by atoms with Gasteiger partial charge in [-0.15, -0.1) is 0 Å². The van der Waals surface area contributed by atoms with Crippen LogP contribution in [0.2, 0.25) is 0 Å². The second-order valence-electron chi connectivity index (χ2n) is 0.940. The van der Waals surface area contributed by atoms with Crippen LogP contribution in [0.25, 0.3) is 0 Å². The maximum absolute atomic E-state index is 11.8. The van der Waals surface area contributed by atoms with E-state index in [2.05, 4.69) is 22.3 Å². The van der Waals surface area contributed by atoms with Gasteiger partial charge in [0.2, 0.25) is 0 Å². The Labute approximate surface area is 57.8 Å². The highest BCUT2D eigenvalue weighted by molar-refractivity contribution is 8.22. The molecule has 1 unspecified atom stereocenters. The molecule has 0 bridgehead atoms. The summed E-state index contributed by atoms with van der Waals surface area (Å²) in [5.74, 6) is 0. The quantitative estimate of drug-likeness (QED) is 0.595. The molecule has 0 heterocycles. The molecule has 8 heavy (non-hydrogen) atoms. The highest BCUT2D eigenvalue weighted by Crippen LogP contribution is 2.39. The number of hydrogen-bond donors (Lipinski definition) is 0. The highest BCUT2D eigenvalue weighted by Gasteiger charge is 2.38. The summed E-state index contributed by atoms with van der Waals surface area (Å²) < 4.78 is 31.1. The summed E-state index contributed by atoms with van der Waals surface area (Å²) in [5.41, 5.74) is 0. The van der Waals surface area contributed by atoms with Gasteiger partial charge >= 0.3 is 4.46 Å². The molecule has 0 aliphatic carbocycles. The predicted octanol–water partition coefficient (Wildman–Crippen LogP) is 3.00. The Morgan fingerprint density at radius 2 is 1.88 bits per heavy atom. The van der Waals surface area contributed by atoms with Gasteiger partial charge in [-0.05, 0) is 10.7 Å². The van der Waals surface area contributed by atoms with Gasteiger partial charge in [-0.1, -0.05) is 11.6 Å². The third-order valence-electron chi connectivity index (χ3n) is 0.357. The number of halogens is 5. The second kappa shape index (κ2) is 3.03. The van der Waals surface area contributed by atoms with Crippen molar-refractivity contribution in [1.29, 1.82) is 0 Å². The van der Waals surface area contributed by atoms with Crippen LogP contribution in [0.5, 0.6) is 0 Å². The first-order chi connectivity index (χ1) is 3.50. The van der Waals surface area contributed by atoms with Crippen molar-refractivity contribution in [2.24, 2.45) is 0 Å². The molecule has 0 rings (SSSR count). The fourth-order valence-electron chi connectivity index (χ4n) is 0.0337. The Balaban J connectivity index is 3.71. The van der Waals surface area contributed by atoms with Crippen molar-refractivity contribution in [3.63, 3.8) is 0 Å². The van der Waals surface area contributed by atoms with Gasteiger partial charge in [0.25, 0.3) is 6.43 Å². The molecule has 0 aliphatic heterocycles. The average Bonchev–Trinajstić information content (AvgIpc) is 1.67. The second-order valence-corrected chi connectivity index (χ2v) is 2.93. The summed E-state index contributed by atoms with van der Waals surface area (Å²) >= 11 is 4.47. The zero-order valence-electron chi connectivity index (χ0n) is 3.38. The molecule has 0 saturated heterocycles. The molecule has 0 N–H and O–H groups in total. The Morgan fingerprint density at radius 1 is 1.50 bits per heavy atom. The first-order valence-electron chi connectivity index (χ1n) is 1.46. The SMILES string of the molecule is FC(F)C(F)(Cl)SCl. The third kappa shape index (κ3) is 2.33. The monoisotopic (exact) mass is 184 g/mol. The molecule has 0 nitrogen and oxygen atoms in total. The molecule has 0 aliphatic rings. The molecule has 50 valence electrons. The van der Waals surface area contributed by atoms with Gasteiger partial charge in [0.1, 0.15) is 0 Å². The van der Waals surface area contributed by atoms with E-state index in [1.807, 2.05) is 0 Å². The first-order valence-corrected chi connectivity index (χ1v) is 3.48. The van der Waals surface area contributed by atoms with E-state index < -0.39 is 10.9 Å². The predicted molar refractivity (Wildman–Crippen MR) is 29.1 cm³/mol. The summed E-state index contributed by atoms with van der Waals surface area (Å²) in [6.45, 7) is 0. The lowest BCUT2D eigenvalue weighted by Gasteiger charge is -2.09. The van der Waals surface area contributed by atoms with Crippen LogP contribution in [0.15, 0.2) is 0 Å². The molecular formula is C2HCl2F3S. The molecular weight excluding hydrogens is 184 g/mol. The zero-order valence-corrected chi connectivity index (χ0v) is 5.70. The van der Waals surface area contributed by atoms with Gasteiger partial charge in [-0.3, -0.25) is 0 Å². The lowest BCUT2D eigenvalue weighted by atomic mass is 10.8. The van der Waals surface area contributed by atoms with Crippen molar-refractivity contribution < 1.29 is 13.2 Å². The van der Waals surface area contributed by atoms with Crippen molar-refractivity contribution in [1.82, 2.24) is 0 Å². The normalized spacial score (nSPS) is 18.8. The standard InChI is InChI=1S/C2HCl2F3S/c3-2(7,8-4)1(5)6/h1H. The van der Waals surface area contributed by atoms with Gasteiger partial charge in [-0.2, -0.15) is 0 Å². The summed E-state index contributed by atoms with van der Waals surface area (Å²) in [7, 11) is 4.37. The van der Waals surface area contributed by atoms with E-state index in [4.69, 9.17) is 0 Å². The molecule has 0 amide bonds. The van der Waals surface area contributed by atoms with E-state index in [0.717, 1.165) is 0 Å². The van der Waals surface area contributed by atoms with E-state index in [1.54, 1.807) is 0 Å². The van der Waals surface area contributed by atoms with Gasteiger partial charge in [0, 0.05) is 11.0 Å². The van der Waals surface area contributed by atoms with Crippen LogP contribution in [0.1, 0.15) is 0 Å². The van der Waals surface area contributed by atoms with Gasteiger partial charge in [0.15, 0.2) is 0 Å². The van der Waals surface area contributed by atoms with Crippen molar-refractivity contribution >= 4 is 33.3 Å². The number of alkyl halides is 4. The number of hydrogen-bond acceptors (Lipinski definition) is 1. The Morgan fingerprint density at radius 3 is 1.88 bits per heavy atom. The van der Waals surface area contributed by atoms with Gasteiger partial charge in [0.05, 0.1) is 0 Å². The molecule has 0 radical (unpaired) electrons. The minimum atomic E-state index is -3.26. The smallest absolute Gasteiger partial charge is 0.206 e. The lowest BCUT2D eigenvalue weighted by Crippen LogP contribution is -2.17. The largest absolute Gasteiger partial charge is 0.304 e. The van der Waals surface area contributed by atoms with E-state index in [1.165, 1.54) is 0 Å². The lowest BCUT2D eigenvalue weighted by molar-refractivity contribution is 0.0745. The third-order valence-corrected chi connectivity index (χ3v) is 2.05. The van der Waals surface area contributed by atoms with Crippen molar-refractivity contribution in [2.75, 3.05) is 0 Å². The van der Waals surface area contributed by atoms with Crippen LogP contribution in [0.4, 0.5) is 13.2 Å². The number of rotatable bonds is 2. The van der Waals surface area contributed by atoms with Crippen LogP contribution < -0.4 is 0 Å². The minimum Gasteiger partial charge on any atom is -0.206 e. The van der Waals surface area contributed by atoms with Crippen molar-refractivity contribution in [3.8, 4) is 0 Å². The molecule has 0 saturated carbocycles. The fourth-order valence-corrected chi connectivity index (χ4v) is 0.303. The van der Waals surface area contributed by atoms with Crippen LogP contribution in [0, 0.1) is 0 Å². The fraction of sp³-hybridized carbons (Fsp3) is 1.00. The minimum absolute atomic E-state index is 0.244. The maximum atomic E-state index is 11.8. The first kappa shape index (κ1) is 8.72. The van der Waals surface area contributed by atoms with Crippen molar-refractivity contribution in [2.45, 2.75) is 10.9 Å². The van der Waals surface area contributed by atoms with E-state index >= 15 is 0 Å². The molecule has 0 aromatic heterocycles. The molecule has 1 atom stereocenters. The van der Waals surface area contributed by atoms with Crippen molar-refractivity contribution in [3.05, 3.63) is 0 Å². The van der Waals surface area contributed by atoms with Crippen LogP contribution in [0.3, 0.4) is 0 Å². The molecule has 0 fully saturated rings. The Hall–Kier alpha value is 0.720. The molecule has 0 aromatic rings. The van der Waals surface area contributed by atoms with Crippen LogP contribution >= 0.6 is 33.3 Å². The average molecular weight is 185 g/mol. The highest BCUT2D eigenvalue weighted by atomic mass is 35.7. The summed E-state index contributed by atoms with van der Waals surface area (Å²) in [4.78, 5) is 0. The summed E-state index contributed by atoms with van der Waals surface area (Å²) in [6.07, 6.45) is -3.26. The Bertz CT molecular complexity index is 75.7. The van der Waals surface area contributed by atoms with E-state index in [9.17, 15) is 13.2 Å². The topological polar surface area (TPSA) is 0 Å². The summed E-state index contributed by atoms with van der Waals surface area (Å²) in [6, 6.07) is 0. The van der Waals surface area contributed by atoms with Crippen LogP contribution in [-0.4, -0.2) is 10.9 Å².